The van der Waals surface area contributed by atoms with Crippen molar-refractivity contribution in [1.82, 2.24) is 20.0 Å². The molecule has 4 aliphatic heterocycles. The minimum Gasteiger partial charge on any atom is -0.444 e. The van der Waals surface area contributed by atoms with Crippen LogP contribution in [0.5, 0.6) is 0 Å². The van der Waals surface area contributed by atoms with E-state index in [1.54, 1.807) is 4.90 Å². The minimum absolute atomic E-state index is 0. The number of anilines is 2. The molecule has 4 heterocycles. The highest BCUT2D eigenvalue weighted by Gasteiger charge is 2.27. The number of piperidine rings is 2. The maximum atomic E-state index is 12.3. The summed E-state index contributed by atoms with van der Waals surface area (Å²) in [4.78, 5) is 45.5. The summed E-state index contributed by atoms with van der Waals surface area (Å²) in [5, 5.41) is 3.18. The molecule has 0 bridgehead atoms. The quantitative estimate of drug-likeness (QED) is 0.295. The van der Waals surface area contributed by atoms with Crippen LogP contribution in [0.1, 0.15) is 103 Å². The summed E-state index contributed by atoms with van der Waals surface area (Å²) in [6.07, 6.45) is 8.20. The molecular formula is C43H68Br2N6O5. The summed E-state index contributed by atoms with van der Waals surface area (Å²) in [6, 6.07) is 12.5. The summed E-state index contributed by atoms with van der Waals surface area (Å²) in [6.45, 7) is 23.2. The predicted molar refractivity (Wildman–Crippen MR) is 236 cm³/mol. The van der Waals surface area contributed by atoms with Gasteiger partial charge in [-0.15, -0.1) is 0 Å². The van der Waals surface area contributed by atoms with Gasteiger partial charge in [-0.3, -0.25) is 9.69 Å². The number of nitrogens with one attached hydrogen (secondary N) is 1. The van der Waals surface area contributed by atoms with Crippen LogP contribution in [0.25, 0.3) is 0 Å². The van der Waals surface area contributed by atoms with E-state index in [0.717, 1.165) is 112 Å². The number of piperazine rings is 2. The number of benzene rings is 2. The fourth-order valence-corrected chi connectivity index (χ4v) is 7.65. The highest BCUT2D eigenvalue weighted by molar-refractivity contribution is 9.10. The first-order chi connectivity index (χ1) is 26.1. The van der Waals surface area contributed by atoms with E-state index in [1.807, 2.05) is 64.6 Å². The van der Waals surface area contributed by atoms with E-state index in [9.17, 15) is 14.4 Å². The van der Waals surface area contributed by atoms with Crippen LogP contribution in [0, 0.1) is 0 Å². The average molecular weight is 909 g/mol. The van der Waals surface area contributed by atoms with Gasteiger partial charge in [0.15, 0.2) is 6.29 Å². The Kier molecular flexibility index (Phi) is 19.4. The molecule has 13 heteroatoms. The number of nitrogens with zero attached hydrogens (tertiary/aromatic N) is 5. The fourth-order valence-electron chi connectivity index (χ4n) is 6.95. The molecule has 0 saturated carbocycles. The summed E-state index contributed by atoms with van der Waals surface area (Å²) in [5.74, 6) is 0. The van der Waals surface area contributed by atoms with Crippen molar-refractivity contribution in [3.8, 4) is 0 Å². The first-order valence-corrected chi connectivity index (χ1v) is 21.6. The molecule has 56 heavy (non-hydrogen) atoms. The number of ether oxygens (including phenoxy) is 2. The second-order valence-corrected chi connectivity index (χ2v) is 18.5. The van der Waals surface area contributed by atoms with Crippen LogP contribution < -0.4 is 15.1 Å². The van der Waals surface area contributed by atoms with Gasteiger partial charge in [-0.2, -0.15) is 0 Å². The maximum Gasteiger partial charge on any atom is 0.410 e. The van der Waals surface area contributed by atoms with Gasteiger partial charge >= 0.3 is 12.2 Å². The average Bonchev–Trinajstić information content (AvgIpc) is 3.16. The van der Waals surface area contributed by atoms with Crippen molar-refractivity contribution < 1.29 is 23.9 Å². The standard InChI is InChI=1S/C21H32BrN3O2.C12H14BrNO.C9H18N2O2.CH4/c1-21(2,3)27-20(26)25-13-11-23(12-14-25)16-17-7-8-18(22)15-19(17)24-9-5-4-6-10-24;13-11-5-4-10(9-15)12(8-11)14-6-2-1-3-7-14;1-9(2,3)13-8(12)11-6-4-10-5-7-11;/h7-8,15H,4-6,9-14,16H2,1-3H3;4-5,8-9H,1-3,6-7H2;10H,4-7H2,1-3H3;1H4. The Morgan fingerprint density at radius 2 is 1.09 bits per heavy atom. The van der Waals surface area contributed by atoms with Crippen LogP contribution in [0.4, 0.5) is 21.0 Å². The monoisotopic (exact) mass is 906 g/mol. The van der Waals surface area contributed by atoms with Gasteiger partial charge in [0.1, 0.15) is 11.2 Å². The van der Waals surface area contributed by atoms with Crippen LogP contribution in [0.2, 0.25) is 0 Å². The predicted octanol–water partition coefficient (Wildman–Crippen LogP) is 9.21. The van der Waals surface area contributed by atoms with Gasteiger partial charge in [-0.1, -0.05) is 45.4 Å². The SMILES string of the molecule is C.CC(C)(C)OC(=O)N1CCN(Cc2ccc(Br)cc2N2CCCCC2)CC1.CC(C)(C)OC(=O)N1CCNCC1.O=Cc1ccc(Br)cc1N1CCCCC1. The van der Waals surface area contributed by atoms with Crippen LogP contribution in [-0.2, 0) is 16.0 Å². The van der Waals surface area contributed by atoms with E-state index in [4.69, 9.17) is 9.47 Å². The van der Waals surface area contributed by atoms with Crippen molar-refractivity contribution in [3.63, 3.8) is 0 Å². The summed E-state index contributed by atoms with van der Waals surface area (Å²) in [7, 11) is 0. The Labute approximate surface area is 354 Å². The molecule has 2 amide bonds. The normalized spacial score (nSPS) is 18.0. The fraction of sp³-hybridized carbons (Fsp3) is 0.651. The number of carbonyl (C=O) groups is 3. The zero-order valence-corrected chi connectivity index (χ0v) is 37.2. The number of amides is 2. The Balaban J connectivity index is 0.000000245. The van der Waals surface area contributed by atoms with Gasteiger partial charge < -0.3 is 34.4 Å². The topological polar surface area (TPSA) is 97.9 Å². The van der Waals surface area contributed by atoms with E-state index >= 15 is 0 Å². The molecule has 4 fully saturated rings. The minimum atomic E-state index is -0.436. The van der Waals surface area contributed by atoms with E-state index in [-0.39, 0.29) is 25.2 Å². The van der Waals surface area contributed by atoms with Crippen molar-refractivity contribution in [2.75, 3.05) is 88.3 Å². The van der Waals surface area contributed by atoms with Crippen molar-refractivity contribution in [3.05, 3.63) is 56.5 Å². The zero-order valence-electron chi connectivity index (χ0n) is 34.0. The Bertz CT molecular complexity index is 1520. The van der Waals surface area contributed by atoms with E-state index in [1.165, 1.54) is 49.8 Å². The lowest BCUT2D eigenvalue weighted by molar-refractivity contribution is 0.0138. The lowest BCUT2D eigenvalue weighted by Gasteiger charge is -2.37. The summed E-state index contributed by atoms with van der Waals surface area (Å²) >= 11 is 7.09. The summed E-state index contributed by atoms with van der Waals surface area (Å²) < 4.78 is 12.9. The highest BCUT2D eigenvalue weighted by atomic mass is 79.9. The molecule has 0 radical (unpaired) electrons. The lowest BCUT2D eigenvalue weighted by Crippen LogP contribution is -2.49. The van der Waals surface area contributed by atoms with Crippen LogP contribution >= 0.6 is 31.9 Å². The third-order valence-electron chi connectivity index (χ3n) is 9.75. The molecule has 314 valence electrons. The third-order valence-corrected chi connectivity index (χ3v) is 10.7. The number of halogens is 2. The molecule has 4 aliphatic rings. The number of hydrogen-bond donors (Lipinski definition) is 1. The van der Waals surface area contributed by atoms with Crippen LogP contribution in [0.3, 0.4) is 0 Å². The molecule has 0 unspecified atom stereocenters. The largest absolute Gasteiger partial charge is 0.444 e. The molecule has 1 N–H and O–H groups in total. The number of rotatable bonds is 5. The maximum absolute atomic E-state index is 12.3. The zero-order chi connectivity index (χ0) is 40.0. The molecule has 4 saturated heterocycles. The molecule has 6 rings (SSSR count). The molecule has 0 aliphatic carbocycles. The smallest absolute Gasteiger partial charge is 0.410 e. The second kappa shape index (κ2) is 22.9. The molecule has 2 aromatic rings. The molecule has 2 aromatic carbocycles. The Morgan fingerprint density at radius 1 is 0.643 bits per heavy atom. The molecular weight excluding hydrogens is 840 g/mol. The van der Waals surface area contributed by atoms with Gasteiger partial charge in [-0.25, -0.2) is 9.59 Å². The van der Waals surface area contributed by atoms with Gasteiger partial charge in [0.25, 0.3) is 0 Å². The van der Waals surface area contributed by atoms with Crippen LogP contribution in [-0.4, -0.2) is 123 Å². The number of hydrogen-bond acceptors (Lipinski definition) is 9. The van der Waals surface area contributed by atoms with E-state index in [0.29, 0.717) is 0 Å². The highest BCUT2D eigenvalue weighted by Crippen LogP contribution is 2.30. The van der Waals surface area contributed by atoms with E-state index in [2.05, 4.69) is 70.1 Å². The van der Waals surface area contributed by atoms with Gasteiger partial charge in [0.2, 0.25) is 0 Å². The van der Waals surface area contributed by atoms with Gasteiger partial charge in [-0.05, 0) is 116 Å². The molecule has 0 aromatic heterocycles. The van der Waals surface area contributed by atoms with Crippen molar-refractivity contribution in [1.29, 1.82) is 0 Å². The first-order valence-electron chi connectivity index (χ1n) is 20.0. The van der Waals surface area contributed by atoms with Crippen molar-refractivity contribution in [2.45, 2.75) is 105 Å². The van der Waals surface area contributed by atoms with Crippen molar-refractivity contribution in [2.24, 2.45) is 0 Å². The number of aldehydes is 1. The Hall–Kier alpha value is -2.87. The molecule has 0 atom stereocenters. The van der Waals surface area contributed by atoms with Gasteiger partial charge in [0.05, 0.1) is 0 Å². The molecule has 0 spiro atoms. The van der Waals surface area contributed by atoms with Crippen molar-refractivity contribution >= 4 is 61.7 Å². The Morgan fingerprint density at radius 3 is 1.57 bits per heavy atom. The second-order valence-electron chi connectivity index (χ2n) is 16.7. The summed E-state index contributed by atoms with van der Waals surface area (Å²) in [5.41, 5.74) is 3.78. The van der Waals surface area contributed by atoms with E-state index < -0.39 is 5.60 Å². The third kappa shape index (κ3) is 16.2. The van der Waals surface area contributed by atoms with Gasteiger partial charge in [0, 0.05) is 111 Å². The van der Waals surface area contributed by atoms with Crippen LogP contribution in [0.15, 0.2) is 45.3 Å². The molecule has 11 nitrogen and oxygen atoms in total. The first kappa shape index (κ1) is 47.5. The lowest BCUT2D eigenvalue weighted by atomic mass is 10.1. The number of carbonyl (C=O) groups excluding carboxylic acids is 3.